The fourth-order valence-corrected chi connectivity index (χ4v) is 2.62. The summed E-state index contributed by atoms with van der Waals surface area (Å²) in [6, 6.07) is 1.11. The molecule has 0 unspecified atom stereocenters. The van der Waals surface area contributed by atoms with Crippen LogP contribution in [0.2, 0.25) is 0 Å². The largest absolute Gasteiger partial charge is 0.435 e. The highest BCUT2D eigenvalue weighted by Crippen LogP contribution is 2.42. The lowest BCUT2D eigenvalue weighted by atomic mass is 10.2. The minimum absolute atomic E-state index is 0.0839. The molecule has 0 radical (unpaired) electrons. The summed E-state index contributed by atoms with van der Waals surface area (Å²) in [5.74, 6) is -0.0957. The van der Waals surface area contributed by atoms with Gasteiger partial charge in [-0.2, -0.15) is 23.4 Å². The SMILES string of the molecule is CCn1cc(CNC(=O)CCn2nc(C(F)(F)F)cc2C2CC2)cn1. The van der Waals surface area contributed by atoms with Gasteiger partial charge in [0.15, 0.2) is 5.69 Å². The minimum Gasteiger partial charge on any atom is -0.352 e. The number of alkyl halides is 3. The van der Waals surface area contributed by atoms with E-state index in [9.17, 15) is 18.0 Å². The van der Waals surface area contributed by atoms with Crippen molar-refractivity contribution in [2.24, 2.45) is 0 Å². The quantitative estimate of drug-likeness (QED) is 0.831. The van der Waals surface area contributed by atoms with Gasteiger partial charge in [0.25, 0.3) is 0 Å². The van der Waals surface area contributed by atoms with Crippen LogP contribution < -0.4 is 5.32 Å². The van der Waals surface area contributed by atoms with Crippen molar-refractivity contribution in [1.29, 1.82) is 0 Å². The van der Waals surface area contributed by atoms with Crippen molar-refractivity contribution in [1.82, 2.24) is 24.9 Å². The van der Waals surface area contributed by atoms with Gasteiger partial charge in [0, 0.05) is 49.4 Å². The Labute approximate surface area is 143 Å². The van der Waals surface area contributed by atoms with Crippen LogP contribution in [-0.4, -0.2) is 25.5 Å². The molecule has 0 aliphatic heterocycles. The van der Waals surface area contributed by atoms with Gasteiger partial charge in [-0.1, -0.05) is 0 Å². The molecule has 0 spiro atoms. The summed E-state index contributed by atoms with van der Waals surface area (Å²) in [4.78, 5) is 12.0. The summed E-state index contributed by atoms with van der Waals surface area (Å²) in [5, 5.41) is 10.5. The maximum Gasteiger partial charge on any atom is 0.435 e. The molecule has 0 bridgehead atoms. The smallest absolute Gasteiger partial charge is 0.352 e. The highest BCUT2D eigenvalue weighted by atomic mass is 19.4. The third-order valence-electron chi connectivity index (χ3n) is 4.15. The van der Waals surface area contributed by atoms with E-state index < -0.39 is 11.9 Å². The Kier molecular flexibility index (Phi) is 4.82. The number of carbonyl (C=O) groups is 1. The van der Waals surface area contributed by atoms with Crippen LogP contribution in [0, 0.1) is 0 Å². The van der Waals surface area contributed by atoms with Crippen LogP contribution in [0.25, 0.3) is 0 Å². The molecule has 1 aliphatic rings. The normalized spacial score (nSPS) is 14.7. The van der Waals surface area contributed by atoms with Crippen LogP contribution >= 0.6 is 0 Å². The zero-order valence-corrected chi connectivity index (χ0v) is 13.9. The predicted octanol–water partition coefficient (Wildman–Crippen LogP) is 2.70. The van der Waals surface area contributed by atoms with Crippen molar-refractivity contribution in [3.8, 4) is 0 Å². The Morgan fingerprint density at radius 3 is 2.76 bits per heavy atom. The van der Waals surface area contributed by atoms with E-state index in [2.05, 4.69) is 15.5 Å². The minimum atomic E-state index is -4.46. The molecule has 0 atom stereocenters. The number of carbonyl (C=O) groups excluding carboxylic acids is 1. The predicted molar refractivity (Wildman–Crippen MR) is 83.6 cm³/mol. The molecule has 6 nitrogen and oxygen atoms in total. The molecule has 2 heterocycles. The van der Waals surface area contributed by atoms with E-state index in [0.29, 0.717) is 12.2 Å². The standard InChI is InChI=1S/C16H20F3N5O/c1-2-23-10-11(9-21-23)8-20-15(25)5-6-24-13(12-3-4-12)7-14(22-24)16(17,18)19/h7,9-10,12H,2-6,8H2,1H3,(H,20,25). The van der Waals surface area contributed by atoms with Crippen molar-refractivity contribution in [2.45, 2.75) is 57.9 Å². The third kappa shape index (κ3) is 4.40. The molecule has 2 aromatic rings. The second-order valence-electron chi connectivity index (χ2n) is 6.18. The zero-order valence-electron chi connectivity index (χ0n) is 13.9. The van der Waals surface area contributed by atoms with Gasteiger partial charge < -0.3 is 5.32 Å². The topological polar surface area (TPSA) is 64.7 Å². The maximum absolute atomic E-state index is 12.8. The van der Waals surface area contributed by atoms with Crippen LogP contribution in [0.3, 0.4) is 0 Å². The van der Waals surface area contributed by atoms with Gasteiger partial charge in [0.2, 0.25) is 5.91 Å². The second kappa shape index (κ2) is 6.89. The number of hydrogen-bond acceptors (Lipinski definition) is 3. The van der Waals surface area contributed by atoms with Gasteiger partial charge in [0.1, 0.15) is 0 Å². The molecule has 1 fully saturated rings. The van der Waals surface area contributed by atoms with Gasteiger partial charge in [-0.3, -0.25) is 14.2 Å². The molecular weight excluding hydrogens is 335 g/mol. The average Bonchev–Trinajstić information content (AvgIpc) is 3.14. The van der Waals surface area contributed by atoms with E-state index in [1.807, 2.05) is 13.1 Å². The molecule has 25 heavy (non-hydrogen) atoms. The van der Waals surface area contributed by atoms with Crippen LogP contribution in [0.15, 0.2) is 18.5 Å². The molecule has 9 heteroatoms. The number of aryl methyl sites for hydroxylation is 2. The lowest BCUT2D eigenvalue weighted by molar-refractivity contribution is -0.141. The molecule has 0 aromatic carbocycles. The van der Waals surface area contributed by atoms with Gasteiger partial charge in [-0.05, 0) is 25.8 Å². The summed E-state index contributed by atoms with van der Waals surface area (Å²) >= 11 is 0. The first-order valence-electron chi connectivity index (χ1n) is 8.29. The molecular formula is C16H20F3N5O. The molecule has 0 saturated heterocycles. The molecule has 3 rings (SSSR count). The summed E-state index contributed by atoms with van der Waals surface area (Å²) < 4.78 is 41.6. The fourth-order valence-electron chi connectivity index (χ4n) is 2.62. The summed E-state index contributed by atoms with van der Waals surface area (Å²) in [6.07, 6.45) is 0.886. The third-order valence-corrected chi connectivity index (χ3v) is 4.15. The summed E-state index contributed by atoms with van der Waals surface area (Å²) in [5.41, 5.74) is 0.568. The van der Waals surface area contributed by atoms with Crippen molar-refractivity contribution in [3.05, 3.63) is 35.4 Å². The first kappa shape index (κ1) is 17.5. The van der Waals surface area contributed by atoms with E-state index in [1.165, 1.54) is 4.68 Å². The number of amides is 1. The molecule has 2 aromatic heterocycles. The van der Waals surface area contributed by atoms with Crippen LogP contribution in [0.5, 0.6) is 0 Å². The molecule has 1 amide bonds. The van der Waals surface area contributed by atoms with Crippen molar-refractivity contribution >= 4 is 5.91 Å². The van der Waals surface area contributed by atoms with Crippen molar-refractivity contribution < 1.29 is 18.0 Å². The first-order valence-corrected chi connectivity index (χ1v) is 8.29. The number of nitrogens with one attached hydrogen (secondary N) is 1. The Morgan fingerprint density at radius 1 is 1.40 bits per heavy atom. The van der Waals surface area contributed by atoms with Crippen LogP contribution in [0.1, 0.15) is 49.1 Å². The first-order chi connectivity index (χ1) is 11.9. The highest BCUT2D eigenvalue weighted by Gasteiger charge is 2.37. The maximum atomic E-state index is 12.8. The molecule has 1 saturated carbocycles. The summed E-state index contributed by atoms with van der Waals surface area (Å²) in [6.45, 7) is 3.20. The van der Waals surface area contributed by atoms with E-state index >= 15 is 0 Å². The molecule has 136 valence electrons. The second-order valence-corrected chi connectivity index (χ2v) is 6.18. The number of nitrogens with zero attached hydrogens (tertiary/aromatic N) is 4. The Morgan fingerprint density at radius 2 is 2.16 bits per heavy atom. The number of rotatable bonds is 7. The van der Waals surface area contributed by atoms with Gasteiger partial charge in [0.05, 0.1) is 6.20 Å². The zero-order chi connectivity index (χ0) is 18.0. The average molecular weight is 355 g/mol. The monoisotopic (exact) mass is 355 g/mol. The fraction of sp³-hybridized carbons (Fsp3) is 0.562. The summed E-state index contributed by atoms with van der Waals surface area (Å²) in [7, 11) is 0. The Bertz CT molecular complexity index is 745. The van der Waals surface area contributed by atoms with Crippen molar-refractivity contribution in [3.63, 3.8) is 0 Å². The number of aromatic nitrogens is 4. The van der Waals surface area contributed by atoms with E-state index in [-0.39, 0.29) is 24.8 Å². The van der Waals surface area contributed by atoms with Gasteiger partial charge in [-0.25, -0.2) is 0 Å². The number of hydrogen-bond donors (Lipinski definition) is 1. The van der Waals surface area contributed by atoms with Crippen molar-refractivity contribution in [2.75, 3.05) is 0 Å². The Balaban J connectivity index is 1.55. The highest BCUT2D eigenvalue weighted by molar-refractivity contribution is 5.75. The van der Waals surface area contributed by atoms with E-state index in [0.717, 1.165) is 31.0 Å². The number of halogens is 3. The van der Waals surface area contributed by atoms with Gasteiger partial charge in [-0.15, -0.1) is 0 Å². The molecule has 1 aliphatic carbocycles. The van der Waals surface area contributed by atoms with Crippen LogP contribution in [0.4, 0.5) is 13.2 Å². The van der Waals surface area contributed by atoms with Gasteiger partial charge >= 0.3 is 6.18 Å². The van der Waals surface area contributed by atoms with E-state index in [1.54, 1.807) is 10.9 Å². The Hall–Kier alpha value is -2.32. The van der Waals surface area contributed by atoms with E-state index in [4.69, 9.17) is 0 Å². The lowest BCUT2D eigenvalue weighted by Gasteiger charge is -2.07. The molecule has 1 N–H and O–H groups in total. The lowest BCUT2D eigenvalue weighted by Crippen LogP contribution is -2.24. The van der Waals surface area contributed by atoms with Crippen LogP contribution in [-0.2, 0) is 30.6 Å².